The Morgan fingerprint density at radius 1 is 1.39 bits per heavy atom. The maximum atomic E-state index is 13.8. The normalized spacial score (nSPS) is 10.6. The molecule has 0 spiro atoms. The van der Waals surface area contributed by atoms with E-state index in [1.165, 1.54) is 18.3 Å². The molecule has 18 heavy (non-hydrogen) atoms. The number of nitrogens with one attached hydrogen (secondary N) is 1. The lowest BCUT2D eigenvalue weighted by Gasteiger charge is -2.04. The fourth-order valence-corrected chi connectivity index (χ4v) is 2.22. The van der Waals surface area contributed by atoms with E-state index in [0.29, 0.717) is 23.0 Å². The van der Waals surface area contributed by atoms with Crippen molar-refractivity contribution >= 4 is 11.8 Å². The van der Waals surface area contributed by atoms with E-state index < -0.39 is 0 Å². The third-order valence-corrected chi connectivity index (χ3v) is 3.24. The Morgan fingerprint density at radius 3 is 2.89 bits per heavy atom. The molecule has 0 unspecified atom stereocenters. The van der Waals surface area contributed by atoms with Gasteiger partial charge in [-0.2, -0.15) is 0 Å². The number of halogens is 1. The predicted molar refractivity (Wildman–Crippen MR) is 68.1 cm³/mol. The maximum Gasteiger partial charge on any atom is 0.251 e. The summed E-state index contributed by atoms with van der Waals surface area (Å²) >= 11 is 1.08. The van der Waals surface area contributed by atoms with Crippen LogP contribution in [0.25, 0.3) is 0 Å². The first-order valence-corrected chi connectivity index (χ1v) is 6.22. The Labute approximate surface area is 107 Å². The molecule has 0 saturated carbocycles. The number of aromatic amines is 1. The van der Waals surface area contributed by atoms with E-state index in [0.717, 1.165) is 17.3 Å². The molecule has 0 fully saturated rings. The number of aromatic nitrogens is 2. The van der Waals surface area contributed by atoms with Crippen LogP contribution in [0.1, 0.15) is 5.56 Å². The molecule has 6 heteroatoms. The van der Waals surface area contributed by atoms with Gasteiger partial charge in [0.05, 0.1) is 4.90 Å². The zero-order chi connectivity index (χ0) is 13.0. The van der Waals surface area contributed by atoms with Gasteiger partial charge in [0.2, 0.25) is 0 Å². The van der Waals surface area contributed by atoms with E-state index in [4.69, 9.17) is 5.73 Å². The molecule has 2 rings (SSSR count). The standard InChI is InChI=1S/C12H12FN3OS/c13-9-7-8(3-5-14)1-2-10(9)18-12-15-6-4-11(17)16-12/h1-2,4,6-7H,3,5,14H2,(H,15,16,17). The van der Waals surface area contributed by atoms with E-state index >= 15 is 0 Å². The number of nitrogens with zero attached hydrogens (tertiary/aromatic N) is 1. The molecular weight excluding hydrogens is 253 g/mol. The first kappa shape index (κ1) is 12.8. The average Bonchev–Trinajstić information content (AvgIpc) is 2.33. The van der Waals surface area contributed by atoms with Crippen LogP contribution in [0.4, 0.5) is 4.39 Å². The van der Waals surface area contributed by atoms with Gasteiger partial charge in [0.1, 0.15) is 5.82 Å². The van der Waals surface area contributed by atoms with Crippen LogP contribution in [0, 0.1) is 5.82 Å². The molecule has 1 aromatic carbocycles. The Morgan fingerprint density at radius 2 is 2.22 bits per heavy atom. The lowest BCUT2D eigenvalue weighted by atomic mass is 10.1. The molecular formula is C12H12FN3OS. The van der Waals surface area contributed by atoms with Gasteiger partial charge >= 0.3 is 0 Å². The minimum Gasteiger partial charge on any atom is -0.330 e. The van der Waals surface area contributed by atoms with Crippen molar-refractivity contribution in [1.82, 2.24) is 9.97 Å². The molecule has 0 atom stereocenters. The average molecular weight is 265 g/mol. The van der Waals surface area contributed by atoms with Gasteiger partial charge in [0, 0.05) is 12.3 Å². The van der Waals surface area contributed by atoms with Gasteiger partial charge < -0.3 is 10.7 Å². The second-order valence-electron chi connectivity index (χ2n) is 3.64. The molecule has 0 aliphatic rings. The van der Waals surface area contributed by atoms with Crippen LogP contribution in [0.5, 0.6) is 0 Å². The lowest BCUT2D eigenvalue weighted by molar-refractivity contribution is 0.599. The molecule has 2 aromatic rings. The van der Waals surface area contributed by atoms with Gasteiger partial charge in [-0.3, -0.25) is 4.79 Å². The van der Waals surface area contributed by atoms with Gasteiger partial charge in [-0.25, -0.2) is 9.37 Å². The third kappa shape index (κ3) is 3.18. The van der Waals surface area contributed by atoms with Crippen LogP contribution in [-0.4, -0.2) is 16.5 Å². The van der Waals surface area contributed by atoms with Gasteiger partial charge in [-0.05, 0) is 42.4 Å². The van der Waals surface area contributed by atoms with Crippen molar-refractivity contribution in [3.8, 4) is 0 Å². The smallest absolute Gasteiger partial charge is 0.251 e. The molecule has 0 saturated heterocycles. The largest absolute Gasteiger partial charge is 0.330 e. The van der Waals surface area contributed by atoms with Crippen LogP contribution in [-0.2, 0) is 6.42 Å². The van der Waals surface area contributed by atoms with Gasteiger partial charge in [-0.15, -0.1) is 0 Å². The molecule has 1 heterocycles. The molecule has 0 aliphatic heterocycles. The molecule has 94 valence electrons. The fourth-order valence-electron chi connectivity index (χ4n) is 1.46. The highest BCUT2D eigenvalue weighted by molar-refractivity contribution is 7.99. The quantitative estimate of drug-likeness (QED) is 0.823. The van der Waals surface area contributed by atoms with Crippen molar-refractivity contribution in [2.75, 3.05) is 6.54 Å². The summed E-state index contributed by atoms with van der Waals surface area (Å²) in [6.45, 7) is 0.486. The summed E-state index contributed by atoms with van der Waals surface area (Å²) in [6.07, 6.45) is 2.03. The highest BCUT2D eigenvalue weighted by atomic mass is 32.2. The van der Waals surface area contributed by atoms with Crippen LogP contribution in [0.2, 0.25) is 0 Å². The highest BCUT2D eigenvalue weighted by Crippen LogP contribution is 2.26. The maximum absolute atomic E-state index is 13.8. The van der Waals surface area contributed by atoms with E-state index in [9.17, 15) is 9.18 Å². The first-order valence-electron chi connectivity index (χ1n) is 5.41. The summed E-state index contributed by atoms with van der Waals surface area (Å²) in [6, 6.07) is 6.25. The second-order valence-corrected chi connectivity index (χ2v) is 4.68. The number of hydrogen-bond acceptors (Lipinski definition) is 4. The van der Waals surface area contributed by atoms with Crippen LogP contribution in [0.15, 0.2) is 45.3 Å². The summed E-state index contributed by atoms with van der Waals surface area (Å²) < 4.78 is 13.8. The van der Waals surface area contributed by atoms with Crippen molar-refractivity contribution in [2.24, 2.45) is 5.73 Å². The molecule has 3 N–H and O–H groups in total. The lowest BCUT2D eigenvalue weighted by Crippen LogP contribution is -2.05. The monoisotopic (exact) mass is 265 g/mol. The van der Waals surface area contributed by atoms with Crippen molar-refractivity contribution < 1.29 is 4.39 Å². The molecule has 0 aliphatic carbocycles. The van der Waals surface area contributed by atoms with E-state index in [2.05, 4.69) is 9.97 Å². The van der Waals surface area contributed by atoms with E-state index in [1.54, 1.807) is 6.07 Å². The fraction of sp³-hybridized carbons (Fsp3) is 0.167. The molecule has 1 aromatic heterocycles. The van der Waals surface area contributed by atoms with Crippen molar-refractivity contribution in [3.05, 3.63) is 52.2 Å². The zero-order valence-corrected chi connectivity index (χ0v) is 10.3. The molecule has 0 amide bonds. The van der Waals surface area contributed by atoms with Crippen LogP contribution >= 0.6 is 11.8 Å². The molecule has 0 radical (unpaired) electrons. The second kappa shape index (κ2) is 5.79. The predicted octanol–water partition coefficient (Wildman–Crippen LogP) is 1.56. The van der Waals surface area contributed by atoms with Crippen molar-refractivity contribution in [3.63, 3.8) is 0 Å². The highest BCUT2D eigenvalue weighted by Gasteiger charge is 2.06. The Kier molecular flexibility index (Phi) is 4.11. The molecule has 4 nitrogen and oxygen atoms in total. The minimum absolute atomic E-state index is 0.257. The third-order valence-electron chi connectivity index (χ3n) is 2.28. The summed E-state index contributed by atoms with van der Waals surface area (Å²) in [5.41, 5.74) is 6.01. The number of rotatable bonds is 4. The number of nitrogens with two attached hydrogens (primary N) is 1. The minimum atomic E-state index is -0.336. The van der Waals surface area contributed by atoms with E-state index in [-0.39, 0.29) is 11.4 Å². The van der Waals surface area contributed by atoms with Crippen LogP contribution < -0.4 is 11.3 Å². The first-order chi connectivity index (χ1) is 8.69. The van der Waals surface area contributed by atoms with Crippen molar-refractivity contribution in [1.29, 1.82) is 0 Å². The Balaban J connectivity index is 2.22. The number of benzene rings is 1. The Hall–Kier alpha value is -1.66. The SMILES string of the molecule is NCCc1ccc(Sc2nccc(=O)[nH]2)c(F)c1. The van der Waals surface area contributed by atoms with Crippen molar-refractivity contribution in [2.45, 2.75) is 16.5 Å². The van der Waals surface area contributed by atoms with Gasteiger partial charge in [0.15, 0.2) is 5.16 Å². The number of hydrogen-bond donors (Lipinski definition) is 2. The summed E-state index contributed by atoms with van der Waals surface area (Å²) in [5.74, 6) is -0.336. The Bertz CT molecular complexity index is 600. The number of H-pyrrole nitrogens is 1. The summed E-state index contributed by atoms with van der Waals surface area (Å²) in [5, 5.41) is 0.368. The van der Waals surface area contributed by atoms with Crippen LogP contribution in [0.3, 0.4) is 0 Å². The van der Waals surface area contributed by atoms with E-state index in [1.807, 2.05) is 6.07 Å². The zero-order valence-electron chi connectivity index (χ0n) is 9.52. The summed E-state index contributed by atoms with van der Waals surface area (Å²) in [7, 11) is 0. The van der Waals surface area contributed by atoms with Gasteiger partial charge in [0.25, 0.3) is 5.56 Å². The topological polar surface area (TPSA) is 71.8 Å². The van der Waals surface area contributed by atoms with Gasteiger partial charge in [-0.1, -0.05) is 6.07 Å². The summed E-state index contributed by atoms with van der Waals surface area (Å²) in [4.78, 5) is 18.0. The molecule has 0 bridgehead atoms.